The maximum absolute atomic E-state index is 10.6. The van der Waals surface area contributed by atoms with Gasteiger partial charge in [0.05, 0.1) is 4.92 Å². The van der Waals surface area contributed by atoms with E-state index in [4.69, 9.17) is 0 Å². The van der Waals surface area contributed by atoms with Crippen molar-refractivity contribution in [2.45, 2.75) is 13.3 Å². The van der Waals surface area contributed by atoms with Crippen LogP contribution in [0, 0.1) is 22.0 Å². The van der Waals surface area contributed by atoms with Crippen LogP contribution in [0.5, 0.6) is 5.75 Å². The number of rotatable bonds is 3. The minimum Gasteiger partial charge on any atom is -0.502 e. The molecule has 5 nitrogen and oxygen atoms in total. The summed E-state index contributed by atoms with van der Waals surface area (Å²) < 4.78 is 0. The van der Waals surface area contributed by atoms with Crippen LogP contribution in [0.25, 0.3) is 0 Å². The summed E-state index contributed by atoms with van der Waals surface area (Å²) >= 11 is 1.20. The molecule has 18 heavy (non-hydrogen) atoms. The third-order valence-corrected chi connectivity index (χ3v) is 2.75. The first-order valence-corrected chi connectivity index (χ1v) is 6.09. The van der Waals surface area contributed by atoms with Crippen LogP contribution in [0.2, 0.25) is 0 Å². The molecular formula is C12H11NO4S. The average Bonchev–Trinajstić information content (AvgIpc) is 2.27. The first-order chi connectivity index (χ1) is 8.50. The van der Waals surface area contributed by atoms with E-state index < -0.39 is 10.7 Å². The van der Waals surface area contributed by atoms with Crippen molar-refractivity contribution in [3.63, 3.8) is 0 Å². The van der Waals surface area contributed by atoms with Crippen molar-refractivity contribution < 1.29 is 14.8 Å². The summed E-state index contributed by atoms with van der Waals surface area (Å²) in [6, 6.07) is 3.94. The molecule has 0 saturated heterocycles. The Morgan fingerprint density at radius 3 is 2.83 bits per heavy atom. The number of nitro benzene ring substituents is 1. The lowest BCUT2D eigenvalue weighted by atomic mass is 10.2. The fraction of sp³-hybridized carbons (Fsp3) is 0.250. The smallest absolute Gasteiger partial charge is 0.310 e. The number of phenols is 1. The molecule has 0 bridgehead atoms. The molecule has 0 radical (unpaired) electrons. The van der Waals surface area contributed by atoms with Gasteiger partial charge in [0, 0.05) is 36.8 Å². The second kappa shape index (κ2) is 6.67. The first kappa shape index (κ1) is 14.1. The van der Waals surface area contributed by atoms with E-state index in [9.17, 15) is 20.0 Å². The molecule has 0 heterocycles. The third kappa shape index (κ3) is 4.47. The van der Waals surface area contributed by atoms with Gasteiger partial charge in [0.15, 0.2) is 10.9 Å². The van der Waals surface area contributed by atoms with Gasteiger partial charge in [-0.3, -0.25) is 14.9 Å². The first-order valence-electron chi connectivity index (χ1n) is 5.10. The van der Waals surface area contributed by atoms with Gasteiger partial charge in [-0.05, 0) is 6.07 Å². The molecule has 0 amide bonds. The van der Waals surface area contributed by atoms with Crippen molar-refractivity contribution in [2.75, 3.05) is 5.75 Å². The number of carbonyl (C=O) groups excluding carboxylic acids is 1. The molecule has 0 atom stereocenters. The van der Waals surface area contributed by atoms with E-state index in [0.717, 1.165) is 0 Å². The predicted molar refractivity (Wildman–Crippen MR) is 69.4 cm³/mol. The Bertz CT molecular complexity index is 531. The summed E-state index contributed by atoms with van der Waals surface area (Å²) in [5, 5.41) is 19.9. The SMILES string of the molecule is CC(=O)SCCC#Cc1ccc([N+](=O)[O-])c(O)c1. The van der Waals surface area contributed by atoms with E-state index in [-0.39, 0.29) is 10.8 Å². The quantitative estimate of drug-likeness (QED) is 0.392. The Morgan fingerprint density at radius 1 is 1.56 bits per heavy atom. The normalized spacial score (nSPS) is 9.39. The Balaban J connectivity index is 2.64. The van der Waals surface area contributed by atoms with E-state index in [2.05, 4.69) is 11.8 Å². The molecule has 0 aliphatic rings. The summed E-state index contributed by atoms with van der Waals surface area (Å²) in [6.07, 6.45) is 0.544. The standard InChI is InChI=1S/C12H11NO4S/c1-9(14)18-7-3-2-4-10-5-6-11(13(16)17)12(15)8-10/h5-6,8,15H,3,7H2,1H3. The summed E-state index contributed by atoms with van der Waals surface area (Å²) in [4.78, 5) is 20.5. The lowest BCUT2D eigenvalue weighted by Gasteiger charge is -1.95. The second-order valence-electron chi connectivity index (χ2n) is 3.35. The Hall–Kier alpha value is -2.00. The molecule has 94 valence electrons. The van der Waals surface area contributed by atoms with Crippen LogP contribution in [-0.2, 0) is 4.79 Å². The summed E-state index contributed by atoms with van der Waals surface area (Å²) in [7, 11) is 0. The molecule has 0 aromatic heterocycles. The molecule has 0 unspecified atom stereocenters. The molecule has 0 spiro atoms. The highest BCUT2D eigenvalue weighted by Gasteiger charge is 2.11. The van der Waals surface area contributed by atoms with E-state index in [1.54, 1.807) is 0 Å². The average molecular weight is 265 g/mol. The van der Waals surface area contributed by atoms with Gasteiger partial charge in [0.25, 0.3) is 0 Å². The molecule has 6 heteroatoms. The summed E-state index contributed by atoms with van der Waals surface area (Å²) in [6.45, 7) is 1.49. The number of thioether (sulfide) groups is 1. The molecular weight excluding hydrogens is 254 g/mol. The maximum Gasteiger partial charge on any atom is 0.310 e. The number of aromatic hydroxyl groups is 1. The molecule has 1 N–H and O–H groups in total. The number of carbonyl (C=O) groups is 1. The predicted octanol–water partition coefficient (Wildman–Crippen LogP) is 2.32. The van der Waals surface area contributed by atoms with Crippen LogP contribution in [0.4, 0.5) is 5.69 Å². The highest BCUT2D eigenvalue weighted by molar-refractivity contribution is 8.13. The van der Waals surface area contributed by atoms with Crippen molar-refractivity contribution in [1.29, 1.82) is 0 Å². The van der Waals surface area contributed by atoms with E-state index in [1.165, 1.54) is 36.9 Å². The summed E-state index contributed by atoms with van der Waals surface area (Å²) in [5.41, 5.74) is 0.165. The molecule has 0 saturated carbocycles. The molecule has 1 aromatic carbocycles. The van der Waals surface area contributed by atoms with Crippen LogP contribution in [0.15, 0.2) is 18.2 Å². The Labute approximate surface area is 108 Å². The van der Waals surface area contributed by atoms with Gasteiger partial charge in [-0.2, -0.15) is 0 Å². The van der Waals surface area contributed by atoms with Crippen LogP contribution in [-0.4, -0.2) is 20.9 Å². The monoisotopic (exact) mass is 265 g/mol. The van der Waals surface area contributed by atoms with E-state index >= 15 is 0 Å². The van der Waals surface area contributed by atoms with E-state index in [0.29, 0.717) is 17.7 Å². The fourth-order valence-electron chi connectivity index (χ4n) is 1.17. The van der Waals surface area contributed by atoms with Gasteiger partial charge < -0.3 is 5.11 Å². The lowest BCUT2D eigenvalue weighted by Crippen LogP contribution is -1.88. The number of nitrogens with zero attached hydrogens (tertiary/aromatic N) is 1. The van der Waals surface area contributed by atoms with Crippen molar-refractivity contribution in [3.05, 3.63) is 33.9 Å². The van der Waals surface area contributed by atoms with Gasteiger partial charge in [-0.15, -0.1) is 0 Å². The van der Waals surface area contributed by atoms with Crippen LogP contribution >= 0.6 is 11.8 Å². The summed E-state index contributed by atoms with van der Waals surface area (Å²) in [5.74, 6) is 5.81. The lowest BCUT2D eigenvalue weighted by molar-refractivity contribution is -0.385. The minimum absolute atomic E-state index is 0.0461. The zero-order chi connectivity index (χ0) is 13.5. The fourth-order valence-corrected chi connectivity index (χ4v) is 1.66. The number of hydrogen-bond acceptors (Lipinski definition) is 5. The number of benzene rings is 1. The molecule has 1 aromatic rings. The van der Waals surface area contributed by atoms with E-state index in [1.807, 2.05) is 0 Å². The molecule has 0 aliphatic carbocycles. The number of nitro groups is 1. The molecule has 0 fully saturated rings. The third-order valence-electron chi connectivity index (χ3n) is 1.94. The van der Waals surface area contributed by atoms with Crippen molar-refractivity contribution in [2.24, 2.45) is 0 Å². The van der Waals surface area contributed by atoms with Crippen LogP contribution < -0.4 is 0 Å². The van der Waals surface area contributed by atoms with Gasteiger partial charge in [-0.25, -0.2) is 0 Å². The minimum atomic E-state index is -0.657. The van der Waals surface area contributed by atoms with Gasteiger partial charge in [0.1, 0.15) is 0 Å². The Morgan fingerprint density at radius 2 is 2.28 bits per heavy atom. The van der Waals surface area contributed by atoms with Crippen molar-refractivity contribution >= 4 is 22.6 Å². The van der Waals surface area contributed by atoms with Crippen LogP contribution in [0.1, 0.15) is 18.9 Å². The van der Waals surface area contributed by atoms with Gasteiger partial charge >= 0.3 is 5.69 Å². The highest BCUT2D eigenvalue weighted by atomic mass is 32.2. The Kier molecular flexibility index (Phi) is 5.21. The zero-order valence-corrected chi connectivity index (χ0v) is 10.5. The van der Waals surface area contributed by atoms with Gasteiger partial charge in [-0.1, -0.05) is 23.6 Å². The number of phenolic OH excluding ortho intramolecular Hbond substituents is 1. The van der Waals surface area contributed by atoms with Crippen molar-refractivity contribution in [1.82, 2.24) is 0 Å². The molecule has 1 rings (SSSR count). The largest absolute Gasteiger partial charge is 0.502 e. The number of hydrogen-bond donors (Lipinski definition) is 1. The molecule has 0 aliphatic heterocycles. The zero-order valence-electron chi connectivity index (χ0n) is 9.67. The van der Waals surface area contributed by atoms with Gasteiger partial charge in [0.2, 0.25) is 0 Å². The topological polar surface area (TPSA) is 80.4 Å². The second-order valence-corrected chi connectivity index (χ2v) is 4.62. The highest BCUT2D eigenvalue weighted by Crippen LogP contribution is 2.25. The van der Waals surface area contributed by atoms with Crippen molar-refractivity contribution in [3.8, 4) is 17.6 Å². The van der Waals surface area contributed by atoms with Crippen LogP contribution in [0.3, 0.4) is 0 Å². The maximum atomic E-state index is 10.6.